The first-order valence-corrected chi connectivity index (χ1v) is 11.1. The summed E-state index contributed by atoms with van der Waals surface area (Å²) in [7, 11) is 1.33. The van der Waals surface area contributed by atoms with Crippen molar-refractivity contribution in [1.29, 1.82) is 0 Å². The quantitative estimate of drug-likeness (QED) is 0.343. The summed E-state index contributed by atoms with van der Waals surface area (Å²) in [6.07, 6.45) is 2.28. The molecule has 174 valence electrons. The fourth-order valence-electron chi connectivity index (χ4n) is 3.56. The predicted molar refractivity (Wildman–Crippen MR) is 134 cm³/mol. The van der Waals surface area contributed by atoms with Gasteiger partial charge in [-0.15, -0.1) is 0 Å². The Morgan fingerprint density at radius 3 is 2.51 bits per heavy atom. The topological polar surface area (TPSA) is 90.3 Å². The Kier molecular flexibility index (Phi) is 7.34. The maximum absolute atomic E-state index is 12.6. The summed E-state index contributed by atoms with van der Waals surface area (Å²) in [6.45, 7) is 0.403. The van der Waals surface area contributed by atoms with Crippen LogP contribution in [0.5, 0.6) is 0 Å². The van der Waals surface area contributed by atoms with Crippen LogP contribution in [0.4, 0.5) is 5.69 Å². The highest BCUT2D eigenvalue weighted by molar-refractivity contribution is 5.91. The Bertz CT molecular complexity index is 1510. The number of aromatic nitrogens is 2. The van der Waals surface area contributed by atoms with Crippen LogP contribution in [0.25, 0.3) is 10.9 Å². The Balaban J connectivity index is 1.35. The van der Waals surface area contributed by atoms with Gasteiger partial charge in [-0.25, -0.2) is 9.78 Å². The normalized spacial score (nSPS) is 10.3. The fraction of sp³-hybridized carbons (Fsp3) is 0.143. The van der Waals surface area contributed by atoms with Crippen molar-refractivity contribution in [1.82, 2.24) is 9.55 Å². The summed E-state index contributed by atoms with van der Waals surface area (Å²) in [5.74, 6) is 5.50. The molecule has 0 saturated carbocycles. The smallest absolute Gasteiger partial charge is 0.337 e. The maximum Gasteiger partial charge on any atom is 0.337 e. The molecule has 0 saturated heterocycles. The Morgan fingerprint density at radius 1 is 0.971 bits per heavy atom. The highest BCUT2D eigenvalue weighted by Gasteiger charge is 2.07. The van der Waals surface area contributed by atoms with E-state index in [9.17, 15) is 14.4 Å². The molecule has 0 aliphatic rings. The van der Waals surface area contributed by atoms with Gasteiger partial charge >= 0.3 is 5.97 Å². The molecule has 0 bridgehead atoms. The van der Waals surface area contributed by atoms with Crippen LogP contribution in [0.1, 0.15) is 34.3 Å². The lowest BCUT2D eigenvalue weighted by atomic mass is 10.1. The zero-order valence-electron chi connectivity index (χ0n) is 19.2. The zero-order chi connectivity index (χ0) is 24.6. The summed E-state index contributed by atoms with van der Waals surface area (Å²) in [6, 6.07) is 21.3. The summed E-state index contributed by atoms with van der Waals surface area (Å²) < 4.78 is 6.26. The Labute approximate surface area is 202 Å². The van der Waals surface area contributed by atoms with Gasteiger partial charge in [-0.2, -0.15) is 0 Å². The average Bonchev–Trinajstić information content (AvgIpc) is 2.89. The first-order valence-electron chi connectivity index (χ1n) is 11.1. The average molecular weight is 466 g/mol. The molecule has 0 radical (unpaired) electrons. The molecule has 1 amide bonds. The molecule has 7 heteroatoms. The van der Waals surface area contributed by atoms with Crippen molar-refractivity contribution in [3.05, 3.63) is 106 Å². The molecule has 0 fully saturated rings. The van der Waals surface area contributed by atoms with Crippen molar-refractivity contribution in [2.24, 2.45) is 0 Å². The number of benzene rings is 3. The van der Waals surface area contributed by atoms with Gasteiger partial charge in [-0.1, -0.05) is 36.1 Å². The number of anilines is 1. The summed E-state index contributed by atoms with van der Waals surface area (Å²) in [4.78, 5) is 41.0. The van der Waals surface area contributed by atoms with Crippen LogP contribution in [0.3, 0.4) is 0 Å². The third-order valence-electron chi connectivity index (χ3n) is 5.32. The SMILES string of the molecule is COC(=O)c1cccc(C#Cc2cccc(NC(=O)CCCn3cnc4ccccc4c3=O)c2)c1. The van der Waals surface area contributed by atoms with Crippen molar-refractivity contribution >= 4 is 28.5 Å². The number of ether oxygens (including phenoxy) is 1. The number of fused-ring (bicyclic) bond motifs is 1. The lowest BCUT2D eigenvalue weighted by Gasteiger charge is -2.08. The van der Waals surface area contributed by atoms with Gasteiger partial charge in [-0.3, -0.25) is 14.2 Å². The second-order valence-electron chi connectivity index (χ2n) is 7.82. The molecule has 0 aliphatic carbocycles. The number of aryl methyl sites for hydroxylation is 1. The Hall–Kier alpha value is -4.70. The van der Waals surface area contributed by atoms with Gasteiger partial charge in [0.25, 0.3) is 5.56 Å². The van der Waals surface area contributed by atoms with E-state index in [1.807, 2.05) is 18.2 Å². The van der Waals surface area contributed by atoms with Gasteiger partial charge in [0.1, 0.15) is 0 Å². The Morgan fingerprint density at radius 2 is 1.71 bits per heavy atom. The van der Waals surface area contributed by atoms with E-state index in [-0.39, 0.29) is 17.9 Å². The number of rotatable bonds is 6. The molecule has 1 heterocycles. The molecule has 3 aromatic carbocycles. The minimum Gasteiger partial charge on any atom is -0.465 e. The first kappa shape index (κ1) is 23.5. The van der Waals surface area contributed by atoms with E-state index in [0.29, 0.717) is 40.7 Å². The molecule has 1 N–H and O–H groups in total. The second-order valence-corrected chi connectivity index (χ2v) is 7.82. The van der Waals surface area contributed by atoms with Crippen LogP contribution in [0.15, 0.2) is 83.9 Å². The summed E-state index contributed by atoms with van der Waals surface area (Å²) >= 11 is 0. The number of nitrogens with zero attached hydrogens (tertiary/aromatic N) is 2. The summed E-state index contributed by atoms with van der Waals surface area (Å²) in [5.41, 5.74) is 3.02. The minimum atomic E-state index is -0.417. The van der Waals surface area contributed by atoms with E-state index >= 15 is 0 Å². The van der Waals surface area contributed by atoms with Crippen molar-refractivity contribution in [3.8, 4) is 11.8 Å². The van der Waals surface area contributed by atoms with Crippen molar-refractivity contribution in [3.63, 3.8) is 0 Å². The molecule has 1 aromatic heterocycles. The van der Waals surface area contributed by atoms with Gasteiger partial charge in [0.2, 0.25) is 5.91 Å². The van der Waals surface area contributed by atoms with Gasteiger partial charge in [0.15, 0.2) is 0 Å². The highest BCUT2D eigenvalue weighted by atomic mass is 16.5. The third kappa shape index (κ3) is 6.01. The van der Waals surface area contributed by atoms with Crippen molar-refractivity contribution in [2.45, 2.75) is 19.4 Å². The minimum absolute atomic E-state index is 0.112. The van der Waals surface area contributed by atoms with E-state index in [4.69, 9.17) is 4.74 Å². The van der Waals surface area contributed by atoms with E-state index in [1.165, 1.54) is 18.0 Å². The zero-order valence-corrected chi connectivity index (χ0v) is 19.2. The van der Waals surface area contributed by atoms with Crippen LogP contribution in [-0.2, 0) is 16.1 Å². The molecular formula is C28H23N3O4. The van der Waals surface area contributed by atoms with Gasteiger partial charge in [-0.05, 0) is 55.0 Å². The van der Waals surface area contributed by atoms with Crippen LogP contribution in [0, 0.1) is 11.8 Å². The first-order chi connectivity index (χ1) is 17.0. The largest absolute Gasteiger partial charge is 0.465 e. The van der Waals surface area contributed by atoms with Crippen LogP contribution in [0.2, 0.25) is 0 Å². The number of methoxy groups -OCH3 is 1. The van der Waals surface area contributed by atoms with Crippen molar-refractivity contribution < 1.29 is 14.3 Å². The number of nitrogens with one attached hydrogen (secondary N) is 1. The third-order valence-corrected chi connectivity index (χ3v) is 5.32. The molecule has 4 aromatic rings. The molecule has 0 spiro atoms. The van der Waals surface area contributed by atoms with Crippen LogP contribution in [-0.4, -0.2) is 28.5 Å². The molecule has 4 rings (SSSR count). The van der Waals surface area contributed by atoms with Gasteiger partial charge in [0, 0.05) is 29.8 Å². The molecular weight excluding hydrogens is 442 g/mol. The predicted octanol–water partition coefficient (Wildman–Crippen LogP) is 4.00. The highest BCUT2D eigenvalue weighted by Crippen LogP contribution is 2.12. The second kappa shape index (κ2) is 10.9. The molecule has 0 aliphatic heterocycles. The molecule has 0 atom stereocenters. The lowest BCUT2D eigenvalue weighted by Crippen LogP contribution is -2.21. The summed E-state index contributed by atoms with van der Waals surface area (Å²) in [5, 5.41) is 3.44. The number of para-hydroxylation sites is 1. The van der Waals surface area contributed by atoms with E-state index < -0.39 is 5.97 Å². The molecule has 7 nitrogen and oxygen atoms in total. The standard InChI is InChI=1S/C28H23N3O4/c1-35-28(34)22-9-4-7-20(17-22)14-15-21-8-5-10-23(18-21)30-26(32)13-6-16-31-19-29-25-12-3-2-11-24(25)27(31)33/h2-5,7-12,17-19H,6,13,16H2,1H3,(H,30,32). The monoisotopic (exact) mass is 465 g/mol. The van der Waals surface area contributed by atoms with E-state index in [2.05, 4.69) is 22.1 Å². The maximum atomic E-state index is 12.6. The number of amides is 1. The van der Waals surface area contributed by atoms with Crippen LogP contribution < -0.4 is 10.9 Å². The van der Waals surface area contributed by atoms with E-state index in [0.717, 1.165) is 5.56 Å². The van der Waals surface area contributed by atoms with E-state index in [1.54, 1.807) is 54.6 Å². The molecule has 35 heavy (non-hydrogen) atoms. The van der Waals surface area contributed by atoms with Crippen molar-refractivity contribution in [2.75, 3.05) is 12.4 Å². The number of esters is 1. The van der Waals surface area contributed by atoms with Gasteiger partial charge < -0.3 is 10.1 Å². The fourth-order valence-corrected chi connectivity index (χ4v) is 3.56. The van der Waals surface area contributed by atoms with Crippen LogP contribution >= 0.6 is 0 Å². The van der Waals surface area contributed by atoms with Gasteiger partial charge in [0.05, 0.1) is 29.9 Å². The number of carbonyl (C=O) groups is 2. The number of carbonyl (C=O) groups excluding carboxylic acids is 2. The molecule has 0 unspecified atom stereocenters. The number of hydrogen-bond donors (Lipinski definition) is 1. The lowest BCUT2D eigenvalue weighted by molar-refractivity contribution is -0.116. The number of hydrogen-bond acceptors (Lipinski definition) is 5.